The third-order valence-corrected chi connectivity index (χ3v) is 7.20. The van der Waals surface area contributed by atoms with Gasteiger partial charge >= 0.3 is 12.4 Å². The van der Waals surface area contributed by atoms with Gasteiger partial charge in [0.15, 0.2) is 23.2 Å². The summed E-state index contributed by atoms with van der Waals surface area (Å²) in [5, 5.41) is 6.92. The fourth-order valence-electron chi connectivity index (χ4n) is 5.05. The Kier molecular flexibility index (Phi) is 6.73. The molecule has 1 fully saturated rings. The highest BCUT2D eigenvalue weighted by Crippen LogP contribution is 2.46. The first-order valence-corrected chi connectivity index (χ1v) is 13.0. The van der Waals surface area contributed by atoms with Crippen LogP contribution in [0.4, 0.5) is 32.2 Å². The standard InChI is InChI=1S/C27H23F6N9O/c1-41-11-17(26(28,29)30)37-23(41)15-8-6-14(7-9-15)20(27(31,32)33)42(2)24-16-10-36-40-21(16)38-22(39-24)18-19(13-4-5-13)34-12-35-25(18)43-3/h6-13,20H,4-5H2,1-3H3,(H,36,38,39,40)/t20-/m1/s1. The zero-order valence-corrected chi connectivity index (χ0v) is 22.9. The van der Waals surface area contributed by atoms with E-state index in [1.807, 2.05) is 0 Å². The van der Waals surface area contributed by atoms with Crippen LogP contribution < -0.4 is 9.64 Å². The van der Waals surface area contributed by atoms with Crippen molar-refractivity contribution in [3.05, 3.63) is 59.9 Å². The maximum Gasteiger partial charge on any atom is 0.434 e. The van der Waals surface area contributed by atoms with Crippen molar-refractivity contribution < 1.29 is 31.1 Å². The molecule has 1 aromatic carbocycles. The molecule has 0 unspecified atom stereocenters. The normalized spacial score (nSPS) is 14.7. The van der Waals surface area contributed by atoms with Crippen LogP contribution in [0.5, 0.6) is 5.88 Å². The minimum absolute atomic E-state index is 0.0400. The second kappa shape index (κ2) is 10.2. The lowest BCUT2D eigenvalue weighted by Crippen LogP contribution is -2.36. The number of anilines is 1. The predicted molar refractivity (Wildman–Crippen MR) is 142 cm³/mol. The highest BCUT2D eigenvalue weighted by atomic mass is 19.4. The van der Waals surface area contributed by atoms with Gasteiger partial charge in [0, 0.05) is 31.8 Å². The summed E-state index contributed by atoms with van der Waals surface area (Å²) in [6.07, 6.45) is -4.17. The summed E-state index contributed by atoms with van der Waals surface area (Å²) < 4.78 is 90.2. The second-order valence-corrected chi connectivity index (χ2v) is 10.2. The molecule has 4 aromatic heterocycles. The van der Waals surface area contributed by atoms with Crippen molar-refractivity contribution in [3.63, 3.8) is 0 Å². The number of ether oxygens (including phenoxy) is 1. The molecule has 0 radical (unpaired) electrons. The van der Waals surface area contributed by atoms with Crippen molar-refractivity contribution in [1.29, 1.82) is 0 Å². The number of nitrogens with one attached hydrogen (secondary N) is 1. The molecule has 1 N–H and O–H groups in total. The lowest BCUT2D eigenvalue weighted by atomic mass is 10.0. The zero-order chi connectivity index (χ0) is 30.7. The number of hydrogen-bond acceptors (Lipinski definition) is 8. The van der Waals surface area contributed by atoms with Gasteiger partial charge in [-0.05, 0) is 18.4 Å². The maximum absolute atomic E-state index is 14.7. The molecule has 0 saturated heterocycles. The fourth-order valence-corrected chi connectivity index (χ4v) is 5.05. The van der Waals surface area contributed by atoms with Gasteiger partial charge in [0.05, 0.1) is 24.4 Å². The van der Waals surface area contributed by atoms with Crippen LogP contribution in [0.15, 0.2) is 43.0 Å². The van der Waals surface area contributed by atoms with E-state index in [1.54, 1.807) is 0 Å². The molecule has 224 valence electrons. The van der Waals surface area contributed by atoms with E-state index in [0.29, 0.717) is 11.3 Å². The third-order valence-electron chi connectivity index (χ3n) is 7.20. The minimum Gasteiger partial charge on any atom is -0.480 e. The lowest BCUT2D eigenvalue weighted by molar-refractivity contribution is -0.149. The van der Waals surface area contributed by atoms with Crippen molar-refractivity contribution in [3.8, 4) is 28.7 Å². The highest BCUT2D eigenvalue weighted by Gasteiger charge is 2.45. The molecule has 0 bridgehead atoms. The SMILES string of the molecule is COc1ncnc(C2CC2)c1-c1nc(N(C)[C@H](c2ccc(-c3nc(C(F)(F)F)cn3C)cc2)C(F)(F)F)c2cn[nH]c2n1. The number of H-pyrrole nitrogens is 1. The van der Waals surface area contributed by atoms with Crippen LogP contribution in [0, 0.1) is 0 Å². The van der Waals surface area contributed by atoms with Gasteiger partial charge in [-0.3, -0.25) is 5.10 Å². The van der Waals surface area contributed by atoms with Crippen LogP contribution in [0.1, 0.15) is 41.8 Å². The number of aromatic nitrogens is 8. The van der Waals surface area contributed by atoms with Gasteiger partial charge in [-0.25, -0.2) is 24.9 Å². The van der Waals surface area contributed by atoms with Crippen LogP contribution in [-0.2, 0) is 13.2 Å². The number of rotatable bonds is 7. The van der Waals surface area contributed by atoms with Gasteiger partial charge in [0.25, 0.3) is 0 Å². The molecule has 0 aliphatic heterocycles. The minimum atomic E-state index is -4.78. The summed E-state index contributed by atoms with van der Waals surface area (Å²) in [5.74, 6) is 0.287. The number of nitrogens with zero attached hydrogens (tertiary/aromatic N) is 8. The van der Waals surface area contributed by atoms with E-state index < -0.39 is 24.1 Å². The highest BCUT2D eigenvalue weighted by molar-refractivity contribution is 5.89. The summed E-state index contributed by atoms with van der Waals surface area (Å²) >= 11 is 0. The van der Waals surface area contributed by atoms with Crippen molar-refractivity contribution in [2.75, 3.05) is 19.1 Å². The first-order chi connectivity index (χ1) is 20.4. The van der Waals surface area contributed by atoms with E-state index in [9.17, 15) is 26.3 Å². The molecule has 4 heterocycles. The number of alkyl halides is 6. The van der Waals surface area contributed by atoms with Gasteiger partial charge in [-0.1, -0.05) is 24.3 Å². The van der Waals surface area contributed by atoms with Crippen molar-refractivity contribution in [1.82, 2.24) is 39.7 Å². The Bertz CT molecular complexity index is 1790. The van der Waals surface area contributed by atoms with Crippen LogP contribution in [0.2, 0.25) is 0 Å². The molecular formula is C27H23F6N9O. The molecule has 0 amide bonds. The van der Waals surface area contributed by atoms with Gasteiger partial charge in [0.1, 0.15) is 23.5 Å². The van der Waals surface area contributed by atoms with Gasteiger partial charge < -0.3 is 14.2 Å². The topological polar surface area (TPSA) is 111 Å². The van der Waals surface area contributed by atoms with Gasteiger partial charge in [-0.15, -0.1) is 0 Å². The summed E-state index contributed by atoms with van der Waals surface area (Å²) in [7, 11) is 4.05. The molecule has 1 aliphatic carbocycles. The average Bonchev–Trinajstić information content (AvgIpc) is 3.55. The molecule has 1 saturated carbocycles. The Morgan fingerprint density at radius 2 is 1.74 bits per heavy atom. The Labute approximate surface area is 239 Å². The quantitative estimate of drug-likeness (QED) is 0.231. The molecule has 10 nitrogen and oxygen atoms in total. The van der Waals surface area contributed by atoms with Gasteiger partial charge in [0.2, 0.25) is 5.88 Å². The number of fused-ring (bicyclic) bond motifs is 1. The summed E-state index contributed by atoms with van der Waals surface area (Å²) in [5.41, 5.74) is 0.183. The number of aryl methyl sites for hydroxylation is 1. The smallest absolute Gasteiger partial charge is 0.434 e. The third kappa shape index (κ3) is 5.21. The van der Waals surface area contributed by atoms with Crippen molar-refractivity contribution in [2.45, 2.75) is 37.2 Å². The summed E-state index contributed by atoms with van der Waals surface area (Å²) in [6, 6.07) is 2.83. The largest absolute Gasteiger partial charge is 0.480 e. The number of aromatic amines is 1. The monoisotopic (exact) mass is 603 g/mol. The molecule has 43 heavy (non-hydrogen) atoms. The van der Waals surface area contributed by atoms with E-state index >= 15 is 0 Å². The maximum atomic E-state index is 14.7. The molecule has 5 aromatic rings. The number of methoxy groups -OCH3 is 1. The Morgan fingerprint density at radius 1 is 1.02 bits per heavy atom. The average molecular weight is 604 g/mol. The van der Waals surface area contributed by atoms with Gasteiger partial charge in [-0.2, -0.15) is 31.4 Å². The number of imidazole rings is 1. The first-order valence-electron chi connectivity index (χ1n) is 13.0. The van der Waals surface area contributed by atoms with Crippen LogP contribution in [-0.4, -0.2) is 60.0 Å². The van der Waals surface area contributed by atoms with E-state index in [-0.39, 0.29) is 51.4 Å². The Morgan fingerprint density at radius 3 is 2.35 bits per heavy atom. The van der Waals surface area contributed by atoms with Crippen molar-refractivity contribution in [2.24, 2.45) is 7.05 Å². The zero-order valence-electron chi connectivity index (χ0n) is 22.9. The first kappa shape index (κ1) is 28.4. The van der Waals surface area contributed by atoms with E-state index in [0.717, 1.165) is 23.9 Å². The number of hydrogen-bond donors (Lipinski definition) is 1. The molecular weight excluding hydrogens is 580 g/mol. The number of halogens is 6. The van der Waals surface area contributed by atoms with E-state index in [1.165, 1.54) is 62.6 Å². The summed E-state index contributed by atoms with van der Waals surface area (Å²) in [6.45, 7) is 0. The molecule has 1 aliphatic rings. The molecule has 1 atom stereocenters. The summed E-state index contributed by atoms with van der Waals surface area (Å²) in [4.78, 5) is 22.2. The fraction of sp³-hybridized carbons (Fsp3) is 0.333. The molecule has 16 heteroatoms. The lowest BCUT2D eigenvalue weighted by Gasteiger charge is -2.31. The van der Waals surface area contributed by atoms with Crippen LogP contribution in [0.25, 0.3) is 33.8 Å². The van der Waals surface area contributed by atoms with Crippen molar-refractivity contribution >= 4 is 16.9 Å². The Balaban J connectivity index is 1.43. The van der Waals surface area contributed by atoms with Crippen LogP contribution >= 0.6 is 0 Å². The molecule has 6 rings (SSSR count). The Hall–Kier alpha value is -4.76. The molecule has 0 spiro atoms. The number of benzene rings is 1. The van der Waals surface area contributed by atoms with Crippen LogP contribution in [0.3, 0.4) is 0 Å². The second-order valence-electron chi connectivity index (χ2n) is 10.2. The van der Waals surface area contributed by atoms with E-state index in [4.69, 9.17) is 4.74 Å². The predicted octanol–water partition coefficient (Wildman–Crippen LogP) is 5.86. The van der Waals surface area contributed by atoms with E-state index in [2.05, 4.69) is 35.1 Å².